The Morgan fingerprint density at radius 2 is 2.00 bits per heavy atom. The Bertz CT molecular complexity index is 1490. The molecule has 2 aromatic heterocycles. The summed E-state index contributed by atoms with van der Waals surface area (Å²) in [5.74, 6) is -1.93. The van der Waals surface area contributed by atoms with Crippen LogP contribution in [0.15, 0.2) is 36.5 Å². The van der Waals surface area contributed by atoms with Crippen molar-refractivity contribution in [3.05, 3.63) is 59.4 Å². The molecule has 0 radical (unpaired) electrons. The summed E-state index contributed by atoms with van der Waals surface area (Å²) in [5, 5.41) is 27.0. The van der Waals surface area contributed by atoms with Gasteiger partial charge in [0.15, 0.2) is 5.82 Å². The number of aliphatic carboxylic acids is 1. The molecule has 1 saturated carbocycles. The van der Waals surface area contributed by atoms with Gasteiger partial charge in [0.2, 0.25) is 0 Å². The summed E-state index contributed by atoms with van der Waals surface area (Å²) in [6, 6.07) is 10.0. The van der Waals surface area contributed by atoms with Crippen LogP contribution in [0.4, 0.5) is 8.78 Å². The van der Waals surface area contributed by atoms with Crippen LogP contribution in [0.25, 0.3) is 27.5 Å². The summed E-state index contributed by atoms with van der Waals surface area (Å²) >= 11 is 0. The second-order valence-electron chi connectivity index (χ2n) is 10.2. The summed E-state index contributed by atoms with van der Waals surface area (Å²) in [7, 11) is 0. The van der Waals surface area contributed by atoms with Gasteiger partial charge in [0.1, 0.15) is 11.3 Å². The molecule has 2 N–H and O–H groups in total. The van der Waals surface area contributed by atoms with E-state index in [0.29, 0.717) is 40.4 Å². The Hall–Kier alpha value is -3.73. The molecule has 2 heterocycles. The summed E-state index contributed by atoms with van der Waals surface area (Å²) in [5.41, 5.74) is 1.37. The summed E-state index contributed by atoms with van der Waals surface area (Å²) < 4.78 is 31.7. The van der Waals surface area contributed by atoms with Gasteiger partial charge in [-0.25, -0.2) is 8.78 Å². The van der Waals surface area contributed by atoms with Crippen molar-refractivity contribution in [1.29, 1.82) is 5.26 Å². The number of carboxylic acids is 1. The fraction of sp³-hybridized carbons (Fsp3) is 0.346. The van der Waals surface area contributed by atoms with Crippen LogP contribution in [0.2, 0.25) is 0 Å². The molecule has 5 rings (SSSR count). The Morgan fingerprint density at radius 1 is 1.32 bits per heavy atom. The Balaban J connectivity index is 1.90. The second-order valence-corrected chi connectivity index (χ2v) is 10.2. The van der Waals surface area contributed by atoms with Gasteiger partial charge in [-0.3, -0.25) is 9.89 Å². The van der Waals surface area contributed by atoms with Gasteiger partial charge in [-0.2, -0.15) is 10.4 Å². The Kier molecular flexibility index (Phi) is 4.80. The number of rotatable bonds is 5. The quantitative estimate of drug-likeness (QED) is 0.383. The SMILES string of the molecule is CC(C)(CC#N)c1c([C@H]2C[C@](C)(C(=O)O)C2)c2c(F)c3[nH]ncc3cc2n1-c1ccc(F)cc1. The molecule has 0 amide bonds. The zero-order chi connectivity index (χ0) is 24.4. The fourth-order valence-electron chi connectivity index (χ4n) is 5.44. The third kappa shape index (κ3) is 3.11. The minimum Gasteiger partial charge on any atom is -0.481 e. The van der Waals surface area contributed by atoms with E-state index in [4.69, 9.17) is 0 Å². The molecule has 34 heavy (non-hydrogen) atoms. The first-order valence-electron chi connectivity index (χ1n) is 11.1. The van der Waals surface area contributed by atoms with Crippen molar-refractivity contribution in [2.24, 2.45) is 5.41 Å². The number of H-pyrrole nitrogens is 1. The highest BCUT2D eigenvalue weighted by Gasteiger charge is 2.50. The van der Waals surface area contributed by atoms with E-state index < -0.39 is 28.4 Å². The van der Waals surface area contributed by atoms with E-state index in [0.717, 1.165) is 5.69 Å². The van der Waals surface area contributed by atoms with Crippen molar-refractivity contribution in [3.8, 4) is 11.8 Å². The van der Waals surface area contributed by atoms with Gasteiger partial charge in [-0.1, -0.05) is 13.8 Å². The minimum absolute atomic E-state index is 0.168. The number of nitriles is 1. The zero-order valence-electron chi connectivity index (χ0n) is 19.1. The highest BCUT2D eigenvalue weighted by atomic mass is 19.1. The standard InChI is InChI=1S/C26H24F2N4O2/c1-25(2,8-9-29)23-19(15-11-26(3,12-15)24(33)34)20-18(10-14-13-30-31-22(14)21(20)28)32(23)17-6-4-16(27)5-7-17/h4-7,10,13,15H,8,11-12H2,1-3H3,(H,30,31)(H,33,34)/t15-,26-. The molecule has 0 bridgehead atoms. The van der Waals surface area contributed by atoms with Crippen LogP contribution in [0.1, 0.15) is 57.2 Å². The first kappa shape index (κ1) is 22.1. The van der Waals surface area contributed by atoms with Crippen LogP contribution in [0.5, 0.6) is 0 Å². The Labute approximate surface area is 194 Å². The molecule has 1 aliphatic carbocycles. The van der Waals surface area contributed by atoms with Crippen LogP contribution in [-0.2, 0) is 10.2 Å². The summed E-state index contributed by atoms with van der Waals surface area (Å²) in [4.78, 5) is 11.8. The third-order valence-corrected chi connectivity index (χ3v) is 7.21. The molecule has 0 unspecified atom stereocenters. The molecule has 6 nitrogen and oxygen atoms in total. The maximum Gasteiger partial charge on any atom is 0.309 e. The normalized spacial score (nSPS) is 20.4. The van der Waals surface area contributed by atoms with E-state index in [1.165, 1.54) is 12.1 Å². The molecule has 4 aromatic rings. The van der Waals surface area contributed by atoms with Crippen LogP contribution in [-0.4, -0.2) is 25.8 Å². The van der Waals surface area contributed by atoms with Gasteiger partial charge in [0.05, 0.1) is 23.2 Å². The van der Waals surface area contributed by atoms with E-state index in [9.17, 15) is 19.6 Å². The number of halogens is 2. The minimum atomic E-state index is -0.889. The smallest absolute Gasteiger partial charge is 0.309 e. The molecule has 2 aromatic carbocycles. The van der Waals surface area contributed by atoms with E-state index in [2.05, 4.69) is 16.3 Å². The first-order valence-corrected chi connectivity index (χ1v) is 11.1. The van der Waals surface area contributed by atoms with Gasteiger partial charge in [0.25, 0.3) is 0 Å². The van der Waals surface area contributed by atoms with Crippen molar-refractivity contribution in [2.75, 3.05) is 0 Å². The van der Waals surface area contributed by atoms with E-state index in [1.807, 2.05) is 24.5 Å². The molecule has 0 saturated heterocycles. The number of hydrogen-bond donors (Lipinski definition) is 2. The number of aromatic amines is 1. The number of fused-ring (bicyclic) bond motifs is 2. The van der Waals surface area contributed by atoms with Gasteiger partial charge in [-0.15, -0.1) is 0 Å². The molecular formula is C26H24F2N4O2. The maximum absolute atomic E-state index is 16.1. The van der Waals surface area contributed by atoms with Crippen molar-refractivity contribution >= 4 is 27.8 Å². The van der Waals surface area contributed by atoms with Crippen LogP contribution in [0, 0.1) is 28.4 Å². The highest BCUT2D eigenvalue weighted by Crippen LogP contribution is 2.56. The number of nitrogens with zero attached hydrogens (tertiary/aromatic N) is 3. The molecule has 1 aliphatic rings. The number of hydrogen-bond acceptors (Lipinski definition) is 3. The molecule has 0 spiro atoms. The van der Waals surface area contributed by atoms with Crippen molar-refractivity contribution in [3.63, 3.8) is 0 Å². The Morgan fingerprint density at radius 3 is 2.62 bits per heavy atom. The lowest BCUT2D eigenvalue weighted by molar-refractivity contribution is -0.154. The molecule has 8 heteroatoms. The average Bonchev–Trinajstić information content (AvgIpc) is 3.35. The van der Waals surface area contributed by atoms with E-state index >= 15 is 4.39 Å². The molecule has 0 atom stereocenters. The number of carboxylic acid groups (broad SMARTS) is 1. The maximum atomic E-state index is 16.1. The molecule has 0 aliphatic heterocycles. The highest BCUT2D eigenvalue weighted by molar-refractivity contribution is 6.00. The van der Waals surface area contributed by atoms with E-state index in [-0.39, 0.29) is 17.9 Å². The third-order valence-electron chi connectivity index (χ3n) is 7.21. The summed E-state index contributed by atoms with van der Waals surface area (Å²) in [6.45, 7) is 5.55. The van der Waals surface area contributed by atoms with Crippen LogP contribution < -0.4 is 0 Å². The van der Waals surface area contributed by atoms with Gasteiger partial charge >= 0.3 is 5.97 Å². The lowest BCUT2D eigenvalue weighted by Gasteiger charge is -2.43. The van der Waals surface area contributed by atoms with Crippen LogP contribution in [0.3, 0.4) is 0 Å². The second kappa shape index (κ2) is 7.39. The van der Waals surface area contributed by atoms with Crippen molar-refractivity contribution in [2.45, 2.75) is 51.4 Å². The number of nitrogens with one attached hydrogen (secondary N) is 1. The van der Waals surface area contributed by atoms with Gasteiger partial charge < -0.3 is 9.67 Å². The first-order chi connectivity index (χ1) is 16.1. The van der Waals surface area contributed by atoms with Crippen molar-refractivity contribution in [1.82, 2.24) is 14.8 Å². The molecule has 1 fully saturated rings. The number of carbonyl (C=O) groups is 1. The molecular weight excluding hydrogens is 438 g/mol. The number of benzene rings is 2. The fourth-order valence-corrected chi connectivity index (χ4v) is 5.44. The average molecular weight is 463 g/mol. The predicted molar refractivity (Wildman–Crippen MR) is 124 cm³/mol. The molecule has 174 valence electrons. The van der Waals surface area contributed by atoms with Crippen molar-refractivity contribution < 1.29 is 18.7 Å². The lowest BCUT2D eigenvalue weighted by atomic mass is 9.59. The predicted octanol–water partition coefficient (Wildman–Crippen LogP) is 5.94. The van der Waals surface area contributed by atoms with Gasteiger partial charge in [-0.05, 0) is 61.6 Å². The monoisotopic (exact) mass is 462 g/mol. The zero-order valence-corrected chi connectivity index (χ0v) is 19.1. The lowest BCUT2D eigenvalue weighted by Crippen LogP contribution is -2.41. The summed E-state index contributed by atoms with van der Waals surface area (Å²) in [6.07, 6.45) is 2.44. The van der Waals surface area contributed by atoms with Gasteiger partial charge in [0, 0.05) is 34.0 Å². The number of aromatic nitrogens is 3. The van der Waals surface area contributed by atoms with E-state index in [1.54, 1.807) is 25.3 Å². The van der Waals surface area contributed by atoms with Crippen LogP contribution >= 0.6 is 0 Å². The topological polar surface area (TPSA) is 94.7 Å². The largest absolute Gasteiger partial charge is 0.481 e.